The van der Waals surface area contributed by atoms with Crippen molar-refractivity contribution < 1.29 is 9.59 Å². The fraction of sp³-hybridized carbons (Fsp3) is 0.500. The zero-order valence-corrected chi connectivity index (χ0v) is 13.0. The van der Waals surface area contributed by atoms with E-state index < -0.39 is 0 Å². The molecule has 5 nitrogen and oxygen atoms in total. The van der Waals surface area contributed by atoms with Gasteiger partial charge >= 0.3 is 0 Å². The molecular formula is C14H20ClN3O2. The number of aromatic nitrogens is 1. The maximum Gasteiger partial charge on any atom is 0.251 e. The van der Waals surface area contributed by atoms with Gasteiger partial charge in [-0.15, -0.1) is 0 Å². The molecule has 0 saturated heterocycles. The second kappa shape index (κ2) is 6.70. The van der Waals surface area contributed by atoms with Gasteiger partial charge in [-0.1, -0.05) is 11.6 Å². The number of carbonyl (C=O) groups excluding carboxylic acids is 2. The topological polar surface area (TPSA) is 71.1 Å². The van der Waals surface area contributed by atoms with Crippen molar-refractivity contribution in [2.45, 2.75) is 39.7 Å². The van der Waals surface area contributed by atoms with E-state index in [2.05, 4.69) is 15.6 Å². The second-order valence-corrected chi connectivity index (χ2v) is 6.01. The van der Waals surface area contributed by atoms with Crippen LogP contribution in [0.2, 0.25) is 5.15 Å². The van der Waals surface area contributed by atoms with Crippen molar-refractivity contribution in [3.63, 3.8) is 0 Å². The summed E-state index contributed by atoms with van der Waals surface area (Å²) in [5.74, 6) is -0.359. The number of rotatable bonds is 4. The fourth-order valence-corrected chi connectivity index (χ4v) is 1.88. The minimum Gasteiger partial charge on any atom is -0.352 e. The highest BCUT2D eigenvalue weighted by atomic mass is 35.5. The molecule has 110 valence electrons. The molecular weight excluding hydrogens is 278 g/mol. The Morgan fingerprint density at radius 3 is 2.50 bits per heavy atom. The Morgan fingerprint density at radius 2 is 1.95 bits per heavy atom. The molecule has 2 amide bonds. The summed E-state index contributed by atoms with van der Waals surface area (Å²) in [6.45, 7) is 7.76. The number of hydrogen-bond acceptors (Lipinski definition) is 3. The van der Waals surface area contributed by atoms with E-state index in [1.165, 1.54) is 6.07 Å². The van der Waals surface area contributed by atoms with Gasteiger partial charge in [-0.25, -0.2) is 4.98 Å². The summed E-state index contributed by atoms with van der Waals surface area (Å²) in [5, 5.41) is 5.79. The van der Waals surface area contributed by atoms with Crippen LogP contribution in [0, 0.1) is 6.92 Å². The normalized spacial score (nSPS) is 11.1. The molecule has 1 aromatic rings. The van der Waals surface area contributed by atoms with E-state index in [4.69, 9.17) is 11.6 Å². The largest absolute Gasteiger partial charge is 0.352 e. The van der Waals surface area contributed by atoms with Crippen LogP contribution in [0.4, 0.5) is 0 Å². The van der Waals surface area contributed by atoms with Crippen LogP contribution in [0.5, 0.6) is 0 Å². The van der Waals surface area contributed by atoms with Gasteiger partial charge in [0, 0.05) is 29.8 Å². The summed E-state index contributed by atoms with van der Waals surface area (Å²) in [6.07, 6.45) is 0.237. The maximum atomic E-state index is 11.9. The zero-order valence-electron chi connectivity index (χ0n) is 12.2. The Hall–Kier alpha value is -1.62. The number of nitrogens with one attached hydrogen (secondary N) is 2. The highest BCUT2D eigenvalue weighted by Crippen LogP contribution is 2.10. The third-order valence-corrected chi connectivity index (χ3v) is 2.53. The number of amides is 2. The number of aryl methyl sites for hydroxylation is 1. The van der Waals surface area contributed by atoms with Gasteiger partial charge in [-0.2, -0.15) is 0 Å². The van der Waals surface area contributed by atoms with Crippen LogP contribution in [0.3, 0.4) is 0 Å². The molecule has 6 heteroatoms. The second-order valence-electron chi connectivity index (χ2n) is 5.62. The summed E-state index contributed by atoms with van der Waals surface area (Å²) in [7, 11) is 0. The summed E-state index contributed by atoms with van der Waals surface area (Å²) in [6, 6.07) is 3.15. The summed E-state index contributed by atoms with van der Waals surface area (Å²) >= 11 is 5.80. The molecule has 0 aliphatic carbocycles. The first-order chi connectivity index (χ1) is 9.17. The van der Waals surface area contributed by atoms with Crippen LogP contribution in [0.15, 0.2) is 12.1 Å². The number of pyridine rings is 1. The third kappa shape index (κ3) is 6.02. The zero-order chi connectivity index (χ0) is 15.3. The van der Waals surface area contributed by atoms with Gasteiger partial charge in [0.1, 0.15) is 5.15 Å². The molecule has 0 aromatic carbocycles. The molecule has 1 rings (SSSR count). The number of halogens is 1. The standard InChI is InChI=1S/C14H20ClN3O2/c1-9-7-10(8-11(15)17-9)13(20)16-6-5-12(19)18-14(2,3)4/h7-8H,5-6H2,1-4H3,(H,16,20)(H,18,19). The van der Waals surface area contributed by atoms with E-state index in [0.29, 0.717) is 11.3 Å². The van der Waals surface area contributed by atoms with Crippen molar-refractivity contribution in [1.82, 2.24) is 15.6 Å². The average molecular weight is 298 g/mol. The van der Waals surface area contributed by atoms with Crippen LogP contribution in [0.25, 0.3) is 0 Å². The monoisotopic (exact) mass is 297 g/mol. The molecule has 0 radical (unpaired) electrons. The lowest BCUT2D eigenvalue weighted by atomic mass is 10.1. The summed E-state index contributed by atoms with van der Waals surface area (Å²) in [5.41, 5.74) is 0.850. The first-order valence-corrected chi connectivity index (χ1v) is 6.78. The van der Waals surface area contributed by atoms with Crippen LogP contribution < -0.4 is 10.6 Å². The van der Waals surface area contributed by atoms with Gasteiger partial charge in [0.15, 0.2) is 0 Å². The van der Waals surface area contributed by atoms with Gasteiger partial charge < -0.3 is 10.6 Å². The van der Waals surface area contributed by atoms with E-state index in [1.807, 2.05) is 20.8 Å². The van der Waals surface area contributed by atoms with Crippen LogP contribution in [-0.4, -0.2) is 28.9 Å². The lowest BCUT2D eigenvalue weighted by Gasteiger charge is -2.20. The molecule has 0 saturated carbocycles. The number of carbonyl (C=O) groups is 2. The third-order valence-electron chi connectivity index (χ3n) is 2.34. The Balaban J connectivity index is 2.46. The smallest absolute Gasteiger partial charge is 0.251 e. The molecule has 0 atom stereocenters. The van der Waals surface area contributed by atoms with Crippen molar-refractivity contribution in [3.8, 4) is 0 Å². The summed E-state index contributed by atoms with van der Waals surface area (Å²) in [4.78, 5) is 27.5. The molecule has 0 aliphatic heterocycles. The van der Waals surface area contributed by atoms with E-state index in [9.17, 15) is 9.59 Å². The molecule has 0 fully saturated rings. The first kappa shape index (κ1) is 16.4. The summed E-state index contributed by atoms with van der Waals surface area (Å²) < 4.78 is 0. The Bertz CT molecular complexity index is 489. The van der Waals surface area contributed by atoms with Gasteiger partial charge in [0.25, 0.3) is 5.91 Å². The Morgan fingerprint density at radius 1 is 1.30 bits per heavy atom. The van der Waals surface area contributed by atoms with Crippen LogP contribution >= 0.6 is 11.6 Å². The molecule has 1 aromatic heterocycles. The highest BCUT2D eigenvalue weighted by molar-refractivity contribution is 6.29. The van der Waals surface area contributed by atoms with Crippen LogP contribution in [-0.2, 0) is 4.79 Å². The number of nitrogens with zero attached hydrogens (tertiary/aromatic N) is 1. The van der Waals surface area contributed by atoms with Crippen LogP contribution in [0.1, 0.15) is 43.2 Å². The average Bonchev–Trinajstić information content (AvgIpc) is 2.24. The van der Waals surface area contributed by atoms with Crippen molar-refractivity contribution in [2.75, 3.05) is 6.54 Å². The maximum absolute atomic E-state index is 11.9. The molecule has 0 aliphatic rings. The minimum atomic E-state index is -0.267. The number of hydrogen-bond donors (Lipinski definition) is 2. The van der Waals surface area contributed by atoms with E-state index >= 15 is 0 Å². The minimum absolute atomic E-state index is 0.0956. The quantitative estimate of drug-likeness (QED) is 0.836. The van der Waals surface area contributed by atoms with Gasteiger partial charge in [0.05, 0.1) is 0 Å². The van der Waals surface area contributed by atoms with Gasteiger partial charge in [-0.05, 0) is 39.8 Å². The van der Waals surface area contributed by atoms with E-state index in [1.54, 1.807) is 13.0 Å². The predicted molar refractivity (Wildman–Crippen MR) is 78.8 cm³/mol. The SMILES string of the molecule is Cc1cc(C(=O)NCCC(=O)NC(C)(C)C)cc(Cl)n1. The van der Waals surface area contributed by atoms with E-state index in [-0.39, 0.29) is 35.5 Å². The van der Waals surface area contributed by atoms with Crippen molar-refractivity contribution >= 4 is 23.4 Å². The van der Waals surface area contributed by atoms with Crippen molar-refractivity contribution in [1.29, 1.82) is 0 Å². The molecule has 0 spiro atoms. The van der Waals surface area contributed by atoms with Gasteiger partial charge in [0.2, 0.25) is 5.91 Å². The molecule has 2 N–H and O–H groups in total. The molecule has 1 heterocycles. The highest BCUT2D eigenvalue weighted by Gasteiger charge is 2.14. The lowest BCUT2D eigenvalue weighted by Crippen LogP contribution is -2.42. The molecule has 0 unspecified atom stereocenters. The van der Waals surface area contributed by atoms with Crippen molar-refractivity contribution in [3.05, 3.63) is 28.5 Å². The van der Waals surface area contributed by atoms with Gasteiger partial charge in [-0.3, -0.25) is 9.59 Å². The van der Waals surface area contributed by atoms with Crippen molar-refractivity contribution in [2.24, 2.45) is 0 Å². The van der Waals surface area contributed by atoms with E-state index in [0.717, 1.165) is 0 Å². The Labute approximate surface area is 124 Å². The molecule has 0 bridgehead atoms. The lowest BCUT2D eigenvalue weighted by molar-refractivity contribution is -0.122. The first-order valence-electron chi connectivity index (χ1n) is 6.41. The molecule has 20 heavy (non-hydrogen) atoms. The Kier molecular flexibility index (Phi) is 5.51. The fourth-order valence-electron chi connectivity index (χ4n) is 1.63. The predicted octanol–water partition coefficient (Wildman–Crippen LogP) is 2.08.